The summed E-state index contributed by atoms with van der Waals surface area (Å²) in [5.74, 6) is 2.68. The molecule has 2 N–H and O–H groups in total. The van der Waals surface area contributed by atoms with E-state index in [1.807, 2.05) is 0 Å². The van der Waals surface area contributed by atoms with Gasteiger partial charge in [-0.05, 0) is 43.0 Å². The van der Waals surface area contributed by atoms with Crippen LogP contribution in [0.15, 0.2) is 29.2 Å². The molecule has 1 aliphatic rings. The molecule has 0 bridgehead atoms. The van der Waals surface area contributed by atoms with Crippen molar-refractivity contribution in [3.05, 3.63) is 29.8 Å². The van der Waals surface area contributed by atoms with Gasteiger partial charge in [-0.3, -0.25) is 4.79 Å². The van der Waals surface area contributed by atoms with E-state index in [2.05, 4.69) is 22.9 Å². The van der Waals surface area contributed by atoms with Gasteiger partial charge < -0.3 is 5.32 Å². The molecule has 0 spiro atoms. The SMILES string of the molecule is C#CCNS(=O)(=O)c1ccc(C(=O)NC2CCCC(C)C2)cc1. The van der Waals surface area contributed by atoms with Crippen molar-refractivity contribution in [1.82, 2.24) is 10.0 Å². The number of benzene rings is 1. The average Bonchev–Trinajstić information content (AvgIpc) is 2.53. The molecule has 1 aliphatic carbocycles. The highest BCUT2D eigenvalue weighted by atomic mass is 32.2. The minimum atomic E-state index is -3.62. The lowest BCUT2D eigenvalue weighted by Gasteiger charge is -2.27. The van der Waals surface area contributed by atoms with E-state index in [0.717, 1.165) is 19.3 Å². The van der Waals surface area contributed by atoms with Gasteiger partial charge in [0, 0.05) is 11.6 Å². The number of sulfonamides is 1. The first-order valence-corrected chi connectivity index (χ1v) is 9.25. The number of carbonyl (C=O) groups excluding carboxylic acids is 1. The topological polar surface area (TPSA) is 75.3 Å². The van der Waals surface area contributed by atoms with Gasteiger partial charge in [0.25, 0.3) is 5.91 Å². The molecule has 2 rings (SSSR count). The zero-order valence-electron chi connectivity index (χ0n) is 13.2. The lowest BCUT2D eigenvalue weighted by Crippen LogP contribution is -2.38. The van der Waals surface area contributed by atoms with E-state index in [-0.39, 0.29) is 23.4 Å². The van der Waals surface area contributed by atoms with Crippen LogP contribution in [0, 0.1) is 18.3 Å². The van der Waals surface area contributed by atoms with E-state index < -0.39 is 10.0 Å². The van der Waals surface area contributed by atoms with Crippen molar-refractivity contribution >= 4 is 15.9 Å². The number of amides is 1. The molecule has 1 amide bonds. The van der Waals surface area contributed by atoms with Gasteiger partial charge >= 0.3 is 0 Å². The molecule has 6 heteroatoms. The zero-order valence-corrected chi connectivity index (χ0v) is 14.0. The van der Waals surface area contributed by atoms with Crippen molar-refractivity contribution in [2.45, 2.75) is 43.5 Å². The fourth-order valence-electron chi connectivity index (χ4n) is 2.84. The predicted octanol–water partition coefficient (Wildman–Crippen LogP) is 1.91. The molecule has 0 heterocycles. The van der Waals surface area contributed by atoms with Gasteiger partial charge in [-0.2, -0.15) is 4.72 Å². The summed E-state index contributed by atoms with van der Waals surface area (Å²) in [6.07, 6.45) is 9.38. The van der Waals surface area contributed by atoms with Gasteiger partial charge in [0.1, 0.15) is 0 Å². The summed E-state index contributed by atoms with van der Waals surface area (Å²) >= 11 is 0. The summed E-state index contributed by atoms with van der Waals surface area (Å²) in [6, 6.07) is 6.07. The Morgan fingerprint density at radius 3 is 2.61 bits per heavy atom. The van der Waals surface area contributed by atoms with E-state index in [4.69, 9.17) is 6.42 Å². The highest BCUT2D eigenvalue weighted by Gasteiger charge is 2.21. The van der Waals surface area contributed by atoms with E-state index in [1.165, 1.54) is 30.7 Å². The predicted molar refractivity (Wildman–Crippen MR) is 89.3 cm³/mol. The molecular formula is C17H22N2O3S. The molecule has 0 aromatic heterocycles. The quantitative estimate of drug-likeness (QED) is 0.808. The van der Waals surface area contributed by atoms with Crippen molar-refractivity contribution in [1.29, 1.82) is 0 Å². The monoisotopic (exact) mass is 334 g/mol. The molecule has 0 saturated heterocycles. The third-order valence-electron chi connectivity index (χ3n) is 4.06. The third kappa shape index (κ3) is 4.81. The van der Waals surface area contributed by atoms with Crippen molar-refractivity contribution in [2.24, 2.45) is 5.92 Å². The number of terminal acetylenes is 1. The Morgan fingerprint density at radius 2 is 2.00 bits per heavy atom. The number of rotatable bonds is 5. The van der Waals surface area contributed by atoms with Crippen LogP contribution < -0.4 is 10.0 Å². The summed E-state index contributed by atoms with van der Waals surface area (Å²) in [6.45, 7) is 2.13. The molecule has 2 unspecified atom stereocenters. The van der Waals surface area contributed by atoms with E-state index in [0.29, 0.717) is 11.5 Å². The number of carbonyl (C=O) groups is 1. The number of hydrogen-bond acceptors (Lipinski definition) is 3. The van der Waals surface area contributed by atoms with Gasteiger partial charge in [0.15, 0.2) is 0 Å². The first-order chi connectivity index (χ1) is 10.9. The second-order valence-electron chi connectivity index (χ2n) is 6.00. The van der Waals surface area contributed by atoms with E-state index in [9.17, 15) is 13.2 Å². The van der Waals surface area contributed by atoms with Crippen LogP contribution in [0.3, 0.4) is 0 Å². The Kier molecular flexibility index (Phi) is 5.80. The number of nitrogens with one attached hydrogen (secondary N) is 2. The standard InChI is InChI=1S/C17H22N2O3S/c1-3-11-18-23(21,22)16-9-7-14(8-10-16)17(20)19-15-6-4-5-13(2)12-15/h1,7-10,13,15,18H,4-6,11-12H2,2H3,(H,19,20). The van der Waals surface area contributed by atoms with Crippen molar-refractivity contribution in [3.8, 4) is 12.3 Å². The van der Waals surface area contributed by atoms with Crippen LogP contribution in [0.4, 0.5) is 0 Å². The van der Waals surface area contributed by atoms with Crippen molar-refractivity contribution < 1.29 is 13.2 Å². The lowest BCUT2D eigenvalue weighted by atomic mass is 9.87. The largest absolute Gasteiger partial charge is 0.349 e. The number of hydrogen-bond donors (Lipinski definition) is 2. The molecule has 2 atom stereocenters. The van der Waals surface area contributed by atoms with Crippen LogP contribution in [0.25, 0.3) is 0 Å². The minimum absolute atomic E-state index is 0.0650. The first kappa shape index (κ1) is 17.5. The first-order valence-electron chi connectivity index (χ1n) is 7.76. The highest BCUT2D eigenvalue weighted by molar-refractivity contribution is 7.89. The summed E-state index contributed by atoms with van der Waals surface area (Å²) in [5, 5.41) is 3.03. The van der Waals surface area contributed by atoms with Crippen LogP contribution in [0.1, 0.15) is 43.0 Å². The Bertz CT molecular complexity index is 690. The summed E-state index contributed by atoms with van der Waals surface area (Å²) in [7, 11) is -3.62. The van der Waals surface area contributed by atoms with Crippen LogP contribution in [-0.4, -0.2) is 26.9 Å². The van der Waals surface area contributed by atoms with E-state index in [1.54, 1.807) is 0 Å². The second-order valence-corrected chi connectivity index (χ2v) is 7.76. The maximum Gasteiger partial charge on any atom is 0.251 e. The van der Waals surface area contributed by atoms with Crippen LogP contribution >= 0.6 is 0 Å². The van der Waals surface area contributed by atoms with Crippen LogP contribution in [0.5, 0.6) is 0 Å². The van der Waals surface area contributed by atoms with Crippen LogP contribution in [0.2, 0.25) is 0 Å². The van der Waals surface area contributed by atoms with Crippen LogP contribution in [-0.2, 0) is 10.0 Å². The Morgan fingerprint density at radius 1 is 1.30 bits per heavy atom. The van der Waals surface area contributed by atoms with Crippen molar-refractivity contribution in [2.75, 3.05) is 6.54 Å². The fourth-order valence-corrected chi connectivity index (χ4v) is 3.77. The summed E-state index contributed by atoms with van der Waals surface area (Å²) < 4.78 is 26.1. The lowest BCUT2D eigenvalue weighted by molar-refractivity contribution is 0.0921. The van der Waals surface area contributed by atoms with Gasteiger partial charge in [-0.1, -0.05) is 25.7 Å². The van der Waals surface area contributed by atoms with Gasteiger partial charge in [-0.15, -0.1) is 6.42 Å². The Balaban J connectivity index is 2.01. The zero-order chi connectivity index (χ0) is 16.9. The Labute approximate surface area is 137 Å². The molecule has 1 aromatic rings. The van der Waals surface area contributed by atoms with Crippen molar-refractivity contribution in [3.63, 3.8) is 0 Å². The smallest absolute Gasteiger partial charge is 0.251 e. The molecule has 124 valence electrons. The molecule has 1 aromatic carbocycles. The molecule has 5 nitrogen and oxygen atoms in total. The summed E-state index contributed by atoms with van der Waals surface area (Å²) in [5.41, 5.74) is 0.458. The molecule has 0 radical (unpaired) electrons. The molecule has 1 fully saturated rings. The normalized spacial score (nSPS) is 21.4. The Hall–Kier alpha value is -1.84. The fraction of sp³-hybridized carbons (Fsp3) is 0.471. The maximum absolute atomic E-state index is 12.2. The van der Waals surface area contributed by atoms with Gasteiger partial charge in [0.05, 0.1) is 11.4 Å². The second kappa shape index (κ2) is 7.62. The molecule has 1 saturated carbocycles. The summed E-state index contributed by atoms with van der Waals surface area (Å²) in [4.78, 5) is 12.3. The minimum Gasteiger partial charge on any atom is -0.349 e. The third-order valence-corrected chi connectivity index (χ3v) is 5.48. The highest BCUT2D eigenvalue weighted by Crippen LogP contribution is 2.23. The molecule has 23 heavy (non-hydrogen) atoms. The molecule has 0 aliphatic heterocycles. The average molecular weight is 334 g/mol. The van der Waals surface area contributed by atoms with E-state index >= 15 is 0 Å². The van der Waals surface area contributed by atoms with Gasteiger partial charge in [0.2, 0.25) is 10.0 Å². The maximum atomic E-state index is 12.2. The molecular weight excluding hydrogens is 312 g/mol. The van der Waals surface area contributed by atoms with Gasteiger partial charge in [-0.25, -0.2) is 8.42 Å².